The van der Waals surface area contributed by atoms with Gasteiger partial charge >= 0.3 is 5.97 Å². The second-order valence-electron chi connectivity index (χ2n) is 8.38. The first-order valence-electron chi connectivity index (χ1n) is 12.6. The van der Waals surface area contributed by atoms with Crippen LogP contribution in [0.4, 0.5) is 0 Å². The van der Waals surface area contributed by atoms with Crippen LogP contribution < -0.4 is 5.73 Å². The number of carboxylic acids is 1. The van der Waals surface area contributed by atoms with Gasteiger partial charge in [-0.2, -0.15) is 0 Å². The van der Waals surface area contributed by atoms with E-state index in [0.717, 1.165) is 24.6 Å². The molecule has 0 radical (unpaired) electrons. The molecule has 2 rings (SSSR count). The average molecular weight is 527 g/mol. The van der Waals surface area contributed by atoms with Gasteiger partial charge in [-0.1, -0.05) is 6.42 Å². The van der Waals surface area contributed by atoms with Crippen molar-refractivity contribution in [2.45, 2.75) is 58.4 Å². The fourth-order valence-electron chi connectivity index (χ4n) is 3.59. The van der Waals surface area contributed by atoms with E-state index in [-0.39, 0.29) is 20.4 Å². The summed E-state index contributed by atoms with van der Waals surface area (Å²) >= 11 is 0. The van der Waals surface area contributed by atoms with Gasteiger partial charge in [0.2, 0.25) is 0 Å². The maximum Gasteiger partial charge on any atom is 0.320 e. The largest absolute Gasteiger partial charge is 0.480 e. The molecule has 0 fully saturated rings. The van der Waals surface area contributed by atoms with E-state index in [1.54, 1.807) is 19.5 Å². The Labute approximate surface area is 218 Å². The number of aliphatic carboxylic acids is 1. The quantitative estimate of drug-likeness (QED) is 0.159. The third-order valence-electron chi connectivity index (χ3n) is 5.58. The molecule has 37 heavy (non-hydrogen) atoms. The van der Waals surface area contributed by atoms with E-state index in [1.165, 1.54) is 0 Å². The van der Waals surface area contributed by atoms with Gasteiger partial charge in [0.05, 0.1) is 26.3 Å². The minimum Gasteiger partial charge on any atom is -0.480 e. The lowest BCUT2D eigenvalue weighted by Crippen LogP contribution is -2.31. The minimum absolute atomic E-state index is 0.166. The molecule has 0 aromatic carbocycles. The van der Waals surface area contributed by atoms with E-state index in [2.05, 4.69) is 24.0 Å². The summed E-state index contributed by atoms with van der Waals surface area (Å²) in [6.45, 7) is 7.44. The van der Waals surface area contributed by atoms with Crippen molar-refractivity contribution in [1.29, 1.82) is 0 Å². The van der Waals surface area contributed by atoms with E-state index < -0.39 is 12.0 Å². The highest BCUT2D eigenvalue weighted by atomic mass is 16.7. The predicted molar refractivity (Wildman–Crippen MR) is 134 cm³/mol. The van der Waals surface area contributed by atoms with Crippen molar-refractivity contribution in [2.75, 3.05) is 53.9 Å². The first-order valence-corrected chi connectivity index (χ1v) is 12.6. The van der Waals surface area contributed by atoms with Crippen LogP contribution in [-0.2, 0) is 54.7 Å². The maximum atomic E-state index is 11.0. The Balaban J connectivity index is 1.95. The number of carbonyl (C=O) groups is 1. The third kappa shape index (κ3) is 12.6. The molecule has 2 heterocycles. The number of methoxy groups -OCH3 is 1. The van der Waals surface area contributed by atoms with Crippen molar-refractivity contribution in [1.82, 2.24) is 24.0 Å². The van der Waals surface area contributed by atoms with E-state index in [0.29, 0.717) is 58.8 Å². The summed E-state index contributed by atoms with van der Waals surface area (Å²) in [6, 6.07) is -0.837. The average Bonchev–Trinajstić information content (AvgIpc) is 3.52. The van der Waals surface area contributed by atoms with Crippen molar-refractivity contribution >= 4 is 5.97 Å². The fourth-order valence-corrected chi connectivity index (χ4v) is 3.59. The van der Waals surface area contributed by atoms with E-state index in [4.69, 9.17) is 34.5 Å². The molecule has 3 N–H and O–H groups in total. The van der Waals surface area contributed by atoms with Gasteiger partial charge in [-0.3, -0.25) is 9.69 Å². The second-order valence-corrected chi connectivity index (χ2v) is 8.38. The van der Waals surface area contributed by atoms with Crippen LogP contribution in [0.3, 0.4) is 0 Å². The predicted octanol–water partition coefficient (Wildman–Crippen LogP) is 1.27. The SMILES string of the molecule is CCOCOCCn1ccnc1CN(CCCCC(N)C(=O)O)Cc1nccn1CCOCOCOC. The Hall–Kier alpha value is -2.39. The topological polar surface area (TPSA) is 148 Å². The summed E-state index contributed by atoms with van der Waals surface area (Å²) in [6.07, 6.45) is 9.38. The molecule has 0 amide bonds. The highest BCUT2D eigenvalue weighted by molar-refractivity contribution is 5.72. The van der Waals surface area contributed by atoms with Crippen LogP contribution in [0.25, 0.3) is 0 Å². The lowest BCUT2D eigenvalue weighted by atomic mass is 10.1. The molecule has 0 saturated carbocycles. The van der Waals surface area contributed by atoms with Gasteiger partial charge in [0.15, 0.2) is 0 Å². The summed E-state index contributed by atoms with van der Waals surface area (Å²) in [5.41, 5.74) is 5.67. The molecule has 0 bridgehead atoms. The molecular weight excluding hydrogens is 484 g/mol. The molecular formula is C24H42N6O7. The van der Waals surface area contributed by atoms with E-state index >= 15 is 0 Å². The number of hydrogen-bond acceptors (Lipinski definition) is 10. The Morgan fingerprint density at radius 1 is 0.973 bits per heavy atom. The summed E-state index contributed by atoms with van der Waals surface area (Å²) in [7, 11) is 1.56. The zero-order valence-corrected chi connectivity index (χ0v) is 22.0. The Kier molecular flexibility index (Phi) is 15.7. The Morgan fingerprint density at radius 2 is 1.57 bits per heavy atom. The highest BCUT2D eigenvalue weighted by Gasteiger charge is 2.16. The van der Waals surface area contributed by atoms with Crippen molar-refractivity contribution in [2.24, 2.45) is 5.73 Å². The van der Waals surface area contributed by atoms with Crippen LogP contribution in [0, 0.1) is 0 Å². The molecule has 0 aliphatic carbocycles. The van der Waals surface area contributed by atoms with E-state index in [9.17, 15) is 4.79 Å². The van der Waals surface area contributed by atoms with Crippen molar-refractivity contribution in [3.63, 3.8) is 0 Å². The van der Waals surface area contributed by atoms with E-state index in [1.807, 2.05) is 19.3 Å². The standard InChI is InChI=1S/C24H42N6O7/c1-3-34-19-35-14-12-29-10-7-26-22(29)16-28(9-5-4-6-21(25)24(31)32)17-23-27-8-11-30(23)13-15-36-20-37-18-33-2/h7-8,10-11,21H,3-6,9,12-20,25H2,1-2H3,(H,31,32). The molecule has 2 aromatic heterocycles. The van der Waals surface area contributed by atoms with Crippen LogP contribution in [-0.4, -0.2) is 95.0 Å². The number of ether oxygens (including phenoxy) is 5. The summed E-state index contributed by atoms with van der Waals surface area (Å²) in [5.74, 6) is 0.850. The van der Waals surface area contributed by atoms with Crippen molar-refractivity contribution in [3.05, 3.63) is 36.4 Å². The van der Waals surface area contributed by atoms with Gasteiger partial charge in [0.25, 0.3) is 0 Å². The number of unbranched alkanes of at least 4 members (excludes halogenated alkanes) is 1. The van der Waals surface area contributed by atoms with Gasteiger partial charge in [-0.25, -0.2) is 9.97 Å². The number of imidazole rings is 2. The van der Waals surface area contributed by atoms with Crippen LogP contribution in [0.5, 0.6) is 0 Å². The second kappa shape index (κ2) is 18.8. The molecule has 210 valence electrons. The van der Waals surface area contributed by atoms with Gasteiger partial charge in [0.1, 0.15) is 38.1 Å². The van der Waals surface area contributed by atoms with Crippen molar-refractivity contribution < 1.29 is 33.6 Å². The molecule has 0 saturated heterocycles. The number of nitrogens with zero attached hydrogens (tertiary/aromatic N) is 5. The highest BCUT2D eigenvalue weighted by Crippen LogP contribution is 2.12. The van der Waals surface area contributed by atoms with Crippen LogP contribution in [0.1, 0.15) is 37.8 Å². The van der Waals surface area contributed by atoms with Crippen molar-refractivity contribution in [3.8, 4) is 0 Å². The molecule has 0 spiro atoms. The maximum absolute atomic E-state index is 11.0. The minimum atomic E-state index is -0.970. The monoisotopic (exact) mass is 526 g/mol. The molecule has 13 nitrogen and oxygen atoms in total. The van der Waals surface area contributed by atoms with Gasteiger partial charge in [-0.05, 0) is 26.3 Å². The Bertz CT molecular complexity index is 862. The number of aromatic nitrogens is 4. The van der Waals surface area contributed by atoms with Gasteiger partial charge < -0.3 is 43.7 Å². The van der Waals surface area contributed by atoms with Crippen LogP contribution in [0.15, 0.2) is 24.8 Å². The first-order chi connectivity index (χ1) is 18.0. The zero-order chi connectivity index (χ0) is 26.7. The Morgan fingerprint density at radius 3 is 2.11 bits per heavy atom. The smallest absolute Gasteiger partial charge is 0.320 e. The summed E-state index contributed by atoms with van der Waals surface area (Å²) < 4.78 is 30.3. The molecule has 2 aromatic rings. The van der Waals surface area contributed by atoms with Gasteiger partial charge in [0, 0.05) is 51.6 Å². The lowest BCUT2D eigenvalue weighted by Gasteiger charge is -2.23. The molecule has 13 heteroatoms. The summed E-state index contributed by atoms with van der Waals surface area (Å²) in [5, 5.41) is 9.04. The van der Waals surface area contributed by atoms with Crippen LogP contribution in [0.2, 0.25) is 0 Å². The molecule has 0 aliphatic heterocycles. The molecule has 1 unspecified atom stereocenters. The first kappa shape index (κ1) is 30.8. The molecule has 0 aliphatic rings. The fraction of sp³-hybridized carbons (Fsp3) is 0.708. The zero-order valence-electron chi connectivity index (χ0n) is 22.0. The number of hydrogen-bond donors (Lipinski definition) is 2. The summed E-state index contributed by atoms with van der Waals surface area (Å²) in [4.78, 5) is 22.4. The lowest BCUT2D eigenvalue weighted by molar-refractivity contribution is -0.138. The molecule has 1 atom stereocenters. The normalized spacial score (nSPS) is 12.4. The number of nitrogens with two attached hydrogens (primary N) is 1. The third-order valence-corrected chi connectivity index (χ3v) is 5.58. The van der Waals surface area contributed by atoms with Crippen LogP contribution >= 0.6 is 0 Å². The van der Waals surface area contributed by atoms with Gasteiger partial charge in [-0.15, -0.1) is 0 Å². The number of rotatable bonds is 23. The number of carboxylic acid groups (broad SMARTS) is 1.